The van der Waals surface area contributed by atoms with Crippen molar-refractivity contribution < 1.29 is 17.2 Å². The van der Waals surface area contributed by atoms with Crippen LogP contribution in [0, 0.1) is 12.7 Å². The molecule has 0 aliphatic carbocycles. The van der Waals surface area contributed by atoms with Gasteiger partial charge in [-0.25, -0.2) is 17.5 Å². The molecular formula is C15H12FN3O3S. The van der Waals surface area contributed by atoms with Crippen LogP contribution in [0.2, 0.25) is 0 Å². The van der Waals surface area contributed by atoms with Crippen LogP contribution in [-0.4, -0.2) is 18.6 Å². The van der Waals surface area contributed by atoms with Gasteiger partial charge in [0.1, 0.15) is 5.82 Å². The summed E-state index contributed by atoms with van der Waals surface area (Å²) in [7, 11) is -3.82. The summed E-state index contributed by atoms with van der Waals surface area (Å²) in [4.78, 5) is 0.0710. The highest BCUT2D eigenvalue weighted by Crippen LogP contribution is 2.25. The van der Waals surface area contributed by atoms with Crippen molar-refractivity contribution in [2.45, 2.75) is 11.8 Å². The normalized spacial score (nSPS) is 11.4. The molecular weight excluding hydrogens is 321 g/mol. The molecule has 2 aromatic carbocycles. The van der Waals surface area contributed by atoms with Crippen LogP contribution in [0.25, 0.3) is 11.5 Å². The maximum Gasteiger partial charge on any atom is 0.330 e. The maximum absolute atomic E-state index is 13.3. The lowest BCUT2D eigenvalue weighted by Crippen LogP contribution is -2.12. The average Bonchev–Trinajstić information content (AvgIpc) is 2.98. The van der Waals surface area contributed by atoms with E-state index in [0.717, 1.165) is 5.56 Å². The topological polar surface area (TPSA) is 85.1 Å². The Bertz CT molecular complexity index is 940. The summed E-state index contributed by atoms with van der Waals surface area (Å²) < 4.78 is 45.2. The first-order valence-electron chi connectivity index (χ1n) is 6.63. The molecule has 0 saturated carbocycles. The van der Waals surface area contributed by atoms with E-state index in [0.29, 0.717) is 5.56 Å². The van der Waals surface area contributed by atoms with Crippen LogP contribution in [0.3, 0.4) is 0 Å². The highest BCUT2D eigenvalue weighted by molar-refractivity contribution is 7.92. The van der Waals surface area contributed by atoms with Gasteiger partial charge in [0.05, 0.1) is 4.90 Å². The monoisotopic (exact) mass is 333 g/mol. The van der Waals surface area contributed by atoms with E-state index in [2.05, 4.69) is 14.9 Å². The SMILES string of the molecule is Cc1ccc(F)cc1-c1nnc(NS(=O)(=O)c2ccccc2)o1. The summed E-state index contributed by atoms with van der Waals surface area (Å²) in [6.07, 6.45) is 0. The fraction of sp³-hybridized carbons (Fsp3) is 0.0667. The number of aryl methyl sites for hydroxylation is 1. The van der Waals surface area contributed by atoms with E-state index >= 15 is 0 Å². The van der Waals surface area contributed by atoms with Crippen LogP contribution in [-0.2, 0) is 10.0 Å². The van der Waals surface area contributed by atoms with Crippen LogP contribution in [0.5, 0.6) is 0 Å². The van der Waals surface area contributed by atoms with Gasteiger partial charge < -0.3 is 4.42 Å². The van der Waals surface area contributed by atoms with E-state index in [1.807, 2.05) is 0 Å². The van der Waals surface area contributed by atoms with Crippen molar-refractivity contribution in [1.82, 2.24) is 10.2 Å². The van der Waals surface area contributed by atoms with Crippen molar-refractivity contribution in [2.75, 3.05) is 4.72 Å². The largest absolute Gasteiger partial charge is 0.403 e. The molecule has 6 nitrogen and oxygen atoms in total. The van der Waals surface area contributed by atoms with Gasteiger partial charge in [0.25, 0.3) is 10.0 Å². The Morgan fingerprint density at radius 1 is 1.09 bits per heavy atom. The van der Waals surface area contributed by atoms with Crippen LogP contribution in [0.15, 0.2) is 57.8 Å². The molecule has 0 fully saturated rings. The number of nitrogens with zero attached hydrogens (tertiary/aromatic N) is 2. The smallest absolute Gasteiger partial charge is 0.330 e. The fourth-order valence-corrected chi connectivity index (χ4v) is 2.92. The van der Waals surface area contributed by atoms with Gasteiger partial charge in [0, 0.05) is 5.56 Å². The minimum atomic E-state index is -3.82. The highest BCUT2D eigenvalue weighted by atomic mass is 32.2. The Balaban J connectivity index is 1.90. The zero-order valence-corrected chi connectivity index (χ0v) is 12.8. The summed E-state index contributed by atoms with van der Waals surface area (Å²) in [5, 5.41) is 7.40. The Kier molecular flexibility index (Phi) is 3.83. The molecule has 0 unspecified atom stereocenters. The number of hydrogen-bond donors (Lipinski definition) is 1. The number of benzene rings is 2. The summed E-state index contributed by atoms with van der Waals surface area (Å²) >= 11 is 0. The number of sulfonamides is 1. The van der Waals surface area contributed by atoms with E-state index in [-0.39, 0.29) is 16.8 Å². The van der Waals surface area contributed by atoms with E-state index < -0.39 is 15.8 Å². The molecule has 3 rings (SSSR count). The molecule has 0 saturated heterocycles. The van der Waals surface area contributed by atoms with Crippen LogP contribution < -0.4 is 4.72 Å². The molecule has 0 amide bonds. The zero-order valence-electron chi connectivity index (χ0n) is 12.0. The second kappa shape index (κ2) is 5.81. The van der Waals surface area contributed by atoms with Gasteiger partial charge in [0.15, 0.2) is 0 Å². The highest BCUT2D eigenvalue weighted by Gasteiger charge is 2.18. The van der Waals surface area contributed by atoms with E-state index in [9.17, 15) is 12.8 Å². The van der Waals surface area contributed by atoms with Gasteiger partial charge in [-0.15, -0.1) is 5.10 Å². The number of rotatable bonds is 4. The van der Waals surface area contributed by atoms with Crippen molar-refractivity contribution in [2.24, 2.45) is 0 Å². The van der Waals surface area contributed by atoms with Crippen molar-refractivity contribution in [3.63, 3.8) is 0 Å². The van der Waals surface area contributed by atoms with Gasteiger partial charge in [-0.2, -0.15) is 0 Å². The van der Waals surface area contributed by atoms with Crippen molar-refractivity contribution in [3.05, 3.63) is 59.9 Å². The van der Waals surface area contributed by atoms with Gasteiger partial charge in [0.2, 0.25) is 5.89 Å². The van der Waals surface area contributed by atoms with Crippen molar-refractivity contribution >= 4 is 16.0 Å². The zero-order chi connectivity index (χ0) is 16.4. The van der Waals surface area contributed by atoms with E-state index in [1.54, 1.807) is 31.2 Å². The lowest BCUT2D eigenvalue weighted by molar-refractivity contribution is 0.575. The molecule has 0 atom stereocenters. The van der Waals surface area contributed by atoms with Gasteiger partial charge in [-0.05, 0) is 36.8 Å². The number of anilines is 1. The number of halogens is 1. The van der Waals surface area contributed by atoms with E-state index in [1.165, 1.54) is 24.3 Å². The van der Waals surface area contributed by atoms with Crippen LogP contribution >= 0.6 is 0 Å². The lowest BCUT2D eigenvalue weighted by atomic mass is 10.1. The predicted molar refractivity (Wildman–Crippen MR) is 81.7 cm³/mol. The molecule has 0 radical (unpaired) electrons. The van der Waals surface area contributed by atoms with Crippen LogP contribution in [0.4, 0.5) is 10.4 Å². The molecule has 0 spiro atoms. The average molecular weight is 333 g/mol. The molecule has 23 heavy (non-hydrogen) atoms. The predicted octanol–water partition coefficient (Wildman–Crippen LogP) is 2.98. The summed E-state index contributed by atoms with van der Waals surface area (Å²) in [5.74, 6) is -0.414. The standard InChI is InChI=1S/C15H12FN3O3S/c1-10-7-8-11(16)9-13(10)14-17-18-15(22-14)19-23(20,21)12-5-3-2-4-6-12/h2-9H,1H3,(H,18,19). The van der Waals surface area contributed by atoms with E-state index in [4.69, 9.17) is 4.42 Å². The van der Waals surface area contributed by atoms with Crippen LogP contribution in [0.1, 0.15) is 5.56 Å². The Morgan fingerprint density at radius 3 is 2.57 bits per heavy atom. The summed E-state index contributed by atoms with van der Waals surface area (Å²) in [6.45, 7) is 1.76. The number of nitrogens with one attached hydrogen (secondary N) is 1. The Hall–Kier alpha value is -2.74. The third-order valence-electron chi connectivity index (χ3n) is 3.13. The third-order valence-corrected chi connectivity index (χ3v) is 4.47. The molecule has 8 heteroatoms. The Labute approximate surface area is 132 Å². The summed E-state index contributed by atoms with van der Waals surface area (Å²) in [5.41, 5.74) is 1.13. The molecule has 0 aliphatic rings. The van der Waals surface area contributed by atoms with Crippen molar-refractivity contribution in [3.8, 4) is 11.5 Å². The second-order valence-corrected chi connectivity index (χ2v) is 6.47. The fourth-order valence-electron chi connectivity index (χ4n) is 1.97. The van der Waals surface area contributed by atoms with Crippen molar-refractivity contribution in [1.29, 1.82) is 0 Å². The first-order chi connectivity index (χ1) is 11.0. The quantitative estimate of drug-likeness (QED) is 0.793. The molecule has 0 aliphatic heterocycles. The first-order valence-corrected chi connectivity index (χ1v) is 8.12. The minimum Gasteiger partial charge on any atom is -0.403 e. The first kappa shape index (κ1) is 15.2. The number of aromatic nitrogens is 2. The molecule has 1 heterocycles. The van der Waals surface area contributed by atoms with Gasteiger partial charge in [-0.3, -0.25) is 0 Å². The molecule has 0 bridgehead atoms. The molecule has 1 N–H and O–H groups in total. The number of hydrogen-bond acceptors (Lipinski definition) is 5. The minimum absolute atomic E-state index is 0.0350. The molecule has 3 aromatic rings. The lowest BCUT2D eigenvalue weighted by Gasteiger charge is -2.03. The second-order valence-electron chi connectivity index (χ2n) is 4.79. The maximum atomic E-state index is 13.3. The molecule has 1 aromatic heterocycles. The summed E-state index contributed by atoms with van der Waals surface area (Å²) in [6, 6.07) is 11.6. The Morgan fingerprint density at radius 2 is 1.83 bits per heavy atom. The van der Waals surface area contributed by atoms with Gasteiger partial charge >= 0.3 is 6.01 Å². The third kappa shape index (κ3) is 3.21. The molecule has 118 valence electrons. The van der Waals surface area contributed by atoms with Gasteiger partial charge in [-0.1, -0.05) is 29.4 Å².